The Morgan fingerprint density at radius 3 is 2.48 bits per heavy atom. The number of carbonyl (C=O) groups is 3. The topological polar surface area (TPSA) is 130 Å². The van der Waals surface area contributed by atoms with Crippen molar-refractivity contribution in [3.05, 3.63) is 88.6 Å². The molecule has 2 aromatic carbocycles. The summed E-state index contributed by atoms with van der Waals surface area (Å²) >= 11 is 6.50. The molecule has 3 aromatic rings. The van der Waals surface area contributed by atoms with Crippen LogP contribution in [0.2, 0.25) is 5.02 Å². The number of aliphatic hydroxyl groups excluding tert-OH is 1. The van der Waals surface area contributed by atoms with Gasteiger partial charge in [0.15, 0.2) is 0 Å². The Morgan fingerprint density at radius 1 is 1.15 bits per heavy atom. The van der Waals surface area contributed by atoms with Crippen molar-refractivity contribution in [3.8, 4) is 6.07 Å². The van der Waals surface area contributed by atoms with Crippen LogP contribution in [0.15, 0.2) is 60.8 Å². The van der Waals surface area contributed by atoms with Gasteiger partial charge in [0.1, 0.15) is 29.5 Å². The van der Waals surface area contributed by atoms with E-state index < -0.39 is 71.9 Å². The maximum Gasteiger partial charge on any atom is 0.252 e. The third-order valence-corrected chi connectivity index (χ3v) is 8.04. The molecule has 1 aliphatic heterocycles. The summed E-state index contributed by atoms with van der Waals surface area (Å²) in [4.78, 5) is 49.8. The zero-order valence-electron chi connectivity index (χ0n) is 24.0. The molecule has 0 radical (unpaired) electrons. The Morgan fingerprint density at radius 2 is 1.85 bits per heavy atom. The van der Waals surface area contributed by atoms with E-state index in [0.29, 0.717) is 6.07 Å². The number of aromatic nitrogens is 1. The van der Waals surface area contributed by atoms with E-state index in [1.54, 1.807) is 6.07 Å². The molecule has 0 bridgehead atoms. The van der Waals surface area contributed by atoms with Crippen LogP contribution in [0.25, 0.3) is 0 Å². The Kier molecular flexibility index (Phi) is 9.57. The molecule has 2 aliphatic rings. The highest BCUT2D eigenvalue weighted by atomic mass is 35.5. The molecule has 5 rings (SSSR count). The number of halogens is 5. The van der Waals surface area contributed by atoms with Crippen molar-refractivity contribution in [2.45, 2.75) is 36.9 Å². The number of hydrogen-bond donors (Lipinski definition) is 2. The molecule has 1 saturated heterocycles. The zero-order valence-corrected chi connectivity index (χ0v) is 24.8. The minimum absolute atomic E-state index is 0.0104. The summed E-state index contributed by atoms with van der Waals surface area (Å²) in [6, 6.07) is 8.42. The molecular formula is C31H27ClF4N6O4. The van der Waals surface area contributed by atoms with Gasteiger partial charge in [-0.15, -0.1) is 0 Å². The molecule has 2 N–H and O–H groups in total. The van der Waals surface area contributed by atoms with Crippen LogP contribution in [-0.4, -0.2) is 77.0 Å². The van der Waals surface area contributed by atoms with Crippen LogP contribution in [0, 0.1) is 23.0 Å². The molecule has 2 atom stereocenters. The van der Waals surface area contributed by atoms with Crippen LogP contribution in [-0.2, 0) is 14.4 Å². The van der Waals surface area contributed by atoms with Crippen molar-refractivity contribution < 1.29 is 37.1 Å². The Labute approximate surface area is 265 Å². The molecule has 1 unspecified atom stereocenters. The standard InChI is InChI=1S/C31H27ClF4N6O4/c32-24-4-2-1-3-23(24)28(29(45)39-21-13-31(35,36)14-21)41(22-11-19(33)10-20(34)12-22)30(46)25-16-40(7-8-43)17-27(44)42(25)26-9-18(15-37)5-6-38-26/h1-6,9-12,21,25,28,43H,7-8,13-14,16-17H2,(H,39,45)/t25?,28-/m0/s1. The minimum atomic E-state index is -3.00. The van der Waals surface area contributed by atoms with Crippen molar-refractivity contribution in [3.63, 3.8) is 0 Å². The second kappa shape index (κ2) is 13.4. The summed E-state index contributed by atoms with van der Waals surface area (Å²) in [5.41, 5.74) is -0.292. The van der Waals surface area contributed by atoms with Gasteiger partial charge < -0.3 is 10.4 Å². The van der Waals surface area contributed by atoms with Crippen molar-refractivity contribution in [2.24, 2.45) is 0 Å². The average Bonchev–Trinajstić information content (AvgIpc) is 2.98. The first-order valence-corrected chi connectivity index (χ1v) is 14.5. The van der Waals surface area contributed by atoms with E-state index >= 15 is 0 Å². The van der Waals surface area contributed by atoms with E-state index in [9.17, 15) is 42.3 Å². The minimum Gasteiger partial charge on any atom is -0.395 e. The maximum atomic E-state index is 14.8. The van der Waals surface area contributed by atoms with E-state index in [1.807, 2.05) is 6.07 Å². The molecule has 2 fully saturated rings. The van der Waals surface area contributed by atoms with Crippen LogP contribution in [0.3, 0.4) is 0 Å². The zero-order chi connectivity index (χ0) is 33.2. The average molecular weight is 659 g/mol. The lowest BCUT2D eigenvalue weighted by Crippen LogP contribution is -2.64. The number of nitriles is 1. The van der Waals surface area contributed by atoms with Crippen molar-refractivity contribution in [2.75, 3.05) is 36.0 Å². The second-order valence-electron chi connectivity index (χ2n) is 11.0. The third kappa shape index (κ3) is 6.96. The fourth-order valence-corrected chi connectivity index (χ4v) is 5.86. The number of anilines is 2. The molecule has 0 spiro atoms. The van der Waals surface area contributed by atoms with Crippen molar-refractivity contribution >= 4 is 40.8 Å². The lowest BCUT2D eigenvalue weighted by Gasteiger charge is -2.43. The summed E-state index contributed by atoms with van der Waals surface area (Å²) in [5.74, 6) is -7.88. The van der Waals surface area contributed by atoms with Crippen molar-refractivity contribution in [1.82, 2.24) is 15.2 Å². The van der Waals surface area contributed by atoms with E-state index in [1.165, 1.54) is 41.4 Å². The highest BCUT2D eigenvalue weighted by Crippen LogP contribution is 2.39. The lowest BCUT2D eigenvalue weighted by molar-refractivity contribution is -0.133. The first kappa shape index (κ1) is 32.8. The molecule has 1 aromatic heterocycles. The highest BCUT2D eigenvalue weighted by Gasteiger charge is 2.49. The second-order valence-corrected chi connectivity index (χ2v) is 11.4. The van der Waals surface area contributed by atoms with Crippen molar-refractivity contribution in [1.29, 1.82) is 5.26 Å². The molecule has 1 saturated carbocycles. The summed E-state index contributed by atoms with van der Waals surface area (Å²) in [7, 11) is 0. The predicted molar refractivity (Wildman–Crippen MR) is 158 cm³/mol. The number of nitrogens with one attached hydrogen (secondary N) is 1. The van der Waals surface area contributed by atoms with Gasteiger partial charge in [-0.2, -0.15) is 5.26 Å². The van der Waals surface area contributed by atoms with Crippen LogP contribution >= 0.6 is 11.6 Å². The molecule has 3 amide bonds. The number of carbonyl (C=O) groups excluding carboxylic acids is 3. The first-order valence-electron chi connectivity index (χ1n) is 14.1. The molecule has 240 valence electrons. The van der Waals surface area contributed by atoms with Gasteiger partial charge in [-0.25, -0.2) is 22.5 Å². The first-order chi connectivity index (χ1) is 21.9. The largest absolute Gasteiger partial charge is 0.395 e. The predicted octanol–water partition coefficient (Wildman–Crippen LogP) is 3.58. The summed E-state index contributed by atoms with van der Waals surface area (Å²) < 4.78 is 56.8. The number of alkyl halides is 2. The fraction of sp³-hybridized carbons (Fsp3) is 0.323. The van der Waals surface area contributed by atoms with Gasteiger partial charge in [0, 0.05) is 54.8 Å². The van der Waals surface area contributed by atoms with E-state index in [0.717, 1.165) is 21.9 Å². The van der Waals surface area contributed by atoms with Gasteiger partial charge in [0.05, 0.1) is 30.5 Å². The molecule has 15 heteroatoms. The number of amides is 3. The number of β-amino-alcohol motifs (C(OH)–C–C–N with tert-alkyl or cyclic N) is 1. The van der Waals surface area contributed by atoms with Gasteiger partial charge in [-0.05, 0) is 30.3 Å². The maximum absolute atomic E-state index is 14.8. The van der Waals surface area contributed by atoms with Crippen LogP contribution in [0.5, 0.6) is 0 Å². The van der Waals surface area contributed by atoms with E-state index in [-0.39, 0.29) is 48.2 Å². The third-order valence-electron chi connectivity index (χ3n) is 7.70. The SMILES string of the molecule is N#Cc1ccnc(N2C(=O)CN(CCO)CC2C(=O)N(c2cc(F)cc(F)c2)[C@H](C(=O)NC2CC(F)(F)C2)c2ccccc2Cl)c1. The van der Waals surface area contributed by atoms with Gasteiger partial charge in [0.25, 0.3) is 11.8 Å². The lowest BCUT2D eigenvalue weighted by atomic mass is 9.87. The molecular weight excluding hydrogens is 632 g/mol. The van der Waals surface area contributed by atoms with E-state index in [2.05, 4.69) is 10.3 Å². The van der Waals surface area contributed by atoms with Gasteiger partial charge in [-0.1, -0.05) is 29.8 Å². The summed E-state index contributed by atoms with van der Waals surface area (Å²) in [5, 5.41) is 21.5. The quantitative estimate of drug-likeness (QED) is 0.336. The number of piperazine rings is 1. The number of rotatable bonds is 9. The fourth-order valence-electron chi connectivity index (χ4n) is 5.62. The number of benzene rings is 2. The van der Waals surface area contributed by atoms with Crippen LogP contribution in [0.4, 0.5) is 29.1 Å². The Balaban J connectivity index is 1.67. The monoisotopic (exact) mass is 658 g/mol. The molecule has 2 heterocycles. The number of nitrogens with zero attached hydrogens (tertiary/aromatic N) is 5. The normalized spacial score (nSPS) is 18.8. The molecule has 10 nitrogen and oxygen atoms in total. The number of pyridine rings is 1. The van der Waals surface area contributed by atoms with Crippen LogP contribution in [0.1, 0.15) is 30.0 Å². The highest BCUT2D eigenvalue weighted by molar-refractivity contribution is 6.31. The number of hydrogen-bond acceptors (Lipinski definition) is 7. The van der Waals surface area contributed by atoms with E-state index in [4.69, 9.17) is 11.6 Å². The molecule has 46 heavy (non-hydrogen) atoms. The summed E-state index contributed by atoms with van der Waals surface area (Å²) in [6.45, 7) is -0.856. The molecule has 1 aliphatic carbocycles. The smallest absolute Gasteiger partial charge is 0.252 e. The number of aliphatic hydroxyl groups is 1. The summed E-state index contributed by atoms with van der Waals surface area (Å²) in [6.07, 6.45) is -0.0478. The Bertz CT molecular complexity index is 1680. The Hall–Kier alpha value is -4.58. The van der Waals surface area contributed by atoms with Crippen LogP contribution < -0.4 is 15.1 Å². The van der Waals surface area contributed by atoms with Gasteiger partial charge >= 0.3 is 0 Å². The van der Waals surface area contributed by atoms with Gasteiger partial charge in [-0.3, -0.25) is 29.1 Å². The van der Waals surface area contributed by atoms with Gasteiger partial charge in [0.2, 0.25) is 11.8 Å².